The van der Waals surface area contributed by atoms with E-state index in [9.17, 15) is 0 Å². The molecular weight excluding hydrogens is 252 g/mol. The number of benzene rings is 1. The molecule has 0 radical (unpaired) electrons. The third kappa shape index (κ3) is 1.99. The highest BCUT2D eigenvalue weighted by Gasteiger charge is 2.06. The summed E-state index contributed by atoms with van der Waals surface area (Å²) in [4.78, 5) is 3.99. The molecule has 0 aliphatic carbocycles. The molecule has 2 aromatic heterocycles. The van der Waals surface area contributed by atoms with Crippen LogP contribution in [0.15, 0.2) is 48.1 Å². The number of hydrogen-bond donors (Lipinski definition) is 1. The van der Waals surface area contributed by atoms with E-state index < -0.39 is 0 Å². The number of nitrogens with zero attached hydrogens (tertiary/aromatic N) is 1. The summed E-state index contributed by atoms with van der Waals surface area (Å²) in [6, 6.07) is 9.83. The molecule has 0 saturated heterocycles. The van der Waals surface area contributed by atoms with Crippen molar-refractivity contribution in [2.45, 2.75) is 0 Å². The normalized spacial score (nSPS) is 10.6. The zero-order valence-corrected chi connectivity index (χ0v) is 10.4. The Kier molecular flexibility index (Phi) is 2.71. The van der Waals surface area contributed by atoms with Crippen LogP contribution in [-0.4, -0.2) is 4.98 Å². The predicted octanol–water partition coefficient (Wildman–Crippen LogP) is 4.69. The second-order valence-corrected chi connectivity index (χ2v) is 4.91. The van der Waals surface area contributed by atoms with Crippen molar-refractivity contribution in [3.63, 3.8) is 0 Å². The molecule has 3 rings (SSSR count). The molecule has 0 spiro atoms. The minimum Gasteiger partial charge on any atom is -0.354 e. The Morgan fingerprint density at radius 2 is 1.94 bits per heavy atom. The van der Waals surface area contributed by atoms with Crippen LogP contribution in [-0.2, 0) is 0 Å². The molecule has 3 aromatic rings. The van der Waals surface area contributed by atoms with Gasteiger partial charge in [0, 0.05) is 28.8 Å². The van der Waals surface area contributed by atoms with Crippen molar-refractivity contribution >= 4 is 44.4 Å². The fraction of sp³-hybridized carbons (Fsp3) is 0. The summed E-state index contributed by atoms with van der Waals surface area (Å²) >= 11 is 7.80. The lowest BCUT2D eigenvalue weighted by atomic mass is 10.2. The summed E-state index contributed by atoms with van der Waals surface area (Å²) in [7, 11) is 0. The standard InChI is InChI=1S/C13H9ClN2S/c14-11-3-1-2-10-12(8-17-13(10)11)16-9-4-6-15-7-5-9/h1-8H,(H,15,16). The third-order valence-corrected chi connectivity index (χ3v) is 3.97. The van der Waals surface area contributed by atoms with E-state index in [1.807, 2.05) is 24.3 Å². The van der Waals surface area contributed by atoms with Crippen molar-refractivity contribution in [2.75, 3.05) is 5.32 Å². The van der Waals surface area contributed by atoms with Gasteiger partial charge in [0.15, 0.2) is 0 Å². The Hall–Kier alpha value is -1.58. The lowest BCUT2D eigenvalue weighted by Gasteiger charge is -2.04. The van der Waals surface area contributed by atoms with Crippen molar-refractivity contribution < 1.29 is 0 Å². The number of thiophene rings is 1. The highest BCUT2D eigenvalue weighted by molar-refractivity contribution is 7.18. The summed E-state index contributed by atoms with van der Waals surface area (Å²) in [6.07, 6.45) is 3.54. The lowest BCUT2D eigenvalue weighted by molar-refractivity contribution is 1.33. The van der Waals surface area contributed by atoms with Crippen LogP contribution in [0.1, 0.15) is 0 Å². The Morgan fingerprint density at radius 1 is 1.12 bits per heavy atom. The van der Waals surface area contributed by atoms with E-state index in [0.717, 1.165) is 26.5 Å². The van der Waals surface area contributed by atoms with Gasteiger partial charge in [0.05, 0.1) is 15.4 Å². The molecule has 0 saturated carbocycles. The van der Waals surface area contributed by atoms with Gasteiger partial charge in [-0.2, -0.15) is 0 Å². The molecule has 4 heteroatoms. The van der Waals surface area contributed by atoms with E-state index in [2.05, 4.69) is 21.7 Å². The van der Waals surface area contributed by atoms with E-state index in [4.69, 9.17) is 11.6 Å². The predicted molar refractivity (Wildman–Crippen MR) is 74.4 cm³/mol. The summed E-state index contributed by atoms with van der Waals surface area (Å²) in [5.74, 6) is 0. The van der Waals surface area contributed by atoms with Crippen LogP contribution in [0.4, 0.5) is 11.4 Å². The summed E-state index contributed by atoms with van der Waals surface area (Å²) in [5, 5.41) is 7.40. The number of aromatic nitrogens is 1. The molecule has 0 atom stereocenters. The SMILES string of the molecule is Clc1cccc2c(Nc3ccncc3)csc12. The number of hydrogen-bond acceptors (Lipinski definition) is 3. The maximum Gasteiger partial charge on any atom is 0.0585 e. The van der Waals surface area contributed by atoms with Crippen molar-refractivity contribution in [3.05, 3.63) is 53.1 Å². The molecule has 2 heterocycles. The average molecular weight is 261 g/mol. The van der Waals surface area contributed by atoms with Gasteiger partial charge in [0.2, 0.25) is 0 Å². The zero-order chi connectivity index (χ0) is 11.7. The van der Waals surface area contributed by atoms with E-state index in [0.29, 0.717) is 0 Å². The number of nitrogens with one attached hydrogen (secondary N) is 1. The van der Waals surface area contributed by atoms with Gasteiger partial charge in [-0.1, -0.05) is 23.7 Å². The molecule has 0 unspecified atom stereocenters. The van der Waals surface area contributed by atoms with E-state index in [-0.39, 0.29) is 0 Å². The number of fused-ring (bicyclic) bond motifs is 1. The van der Waals surface area contributed by atoms with Gasteiger partial charge < -0.3 is 5.32 Å². The van der Waals surface area contributed by atoms with Gasteiger partial charge in [-0.15, -0.1) is 11.3 Å². The third-order valence-electron chi connectivity index (χ3n) is 2.51. The monoisotopic (exact) mass is 260 g/mol. The molecular formula is C13H9ClN2S. The minimum absolute atomic E-state index is 0.801. The second-order valence-electron chi connectivity index (χ2n) is 3.63. The first-order chi connectivity index (χ1) is 8.34. The van der Waals surface area contributed by atoms with Crippen molar-refractivity contribution in [1.82, 2.24) is 4.98 Å². The highest BCUT2D eigenvalue weighted by Crippen LogP contribution is 2.36. The van der Waals surface area contributed by atoms with Crippen LogP contribution < -0.4 is 5.32 Å². The molecule has 1 N–H and O–H groups in total. The van der Waals surface area contributed by atoms with Crippen LogP contribution in [0.2, 0.25) is 5.02 Å². The largest absolute Gasteiger partial charge is 0.354 e. The zero-order valence-electron chi connectivity index (χ0n) is 8.85. The first-order valence-corrected chi connectivity index (χ1v) is 6.43. The molecule has 84 valence electrons. The topological polar surface area (TPSA) is 24.9 Å². The lowest BCUT2D eigenvalue weighted by Crippen LogP contribution is -1.88. The first-order valence-electron chi connectivity index (χ1n) is 5.17. The van der Waals surface area contributed by atoms with Gasteiger partial charge in [-0.05, 0) is 18.2 Å². The van der Waals surface area contributed by atoms with Crippen LogP contribution in [0.5, 0.6) is 0 Å². The quantitative estimate of drug-likeness (QED) is 0.723. The molecule has 0 bridgehead atoms. The molecule has 0 aliphatic rings. The minimum atomic E-state index is 0.801. The number of anilines is 2. The fourth-order valence-corrected chi connectivity index (χ4v) is 2.92. The van der Waals surface area contributed by atoms with Gasteiger partial charge in [-0.3, -0.25) is 4.98 Å². The molecule has 0 fully saturated rings. The molecule has 2 nitrogen and oxygen atoms in total. The highest BCUT2D eigenvalue weighted by atomic mass is 35.5. The van der Waals surface area contributed by atoms with Gasteiger partial charge in [0.1, 0.15) is 0 Å². The Bertz CT molecular complexity index is 649. The van der Waals surface area contributed by atoms with E-state index in [1.165, 1.54) is 0 Å². The second kappa shape index (κ2) is 4.35. The summed E-state index contributed by atoms with van der Waals surface area (Å²) < 4.78 is 1.12. The Labute approximate surface area is 108 Å². The van der Waals surface area contributed by atoms with Crippen molar-refractivity contribution in [3.8, 4) is 0 Å². The molecule has 17 heavy (non-hydrogen) atoms. The fourth-order valence-electron chi connectivity index (χ4n) is 1.71. The van der Waals surface area contributed by atoms with Crippen LogP contribution >= 0.6 is 22.9 Å². The van der Waals surface area contributed by atoms with E-state index in [1.54, 1.807) is 23.7 Å². The first kappa shape index (κ1) is 10.6. The smallest absolute Gasteiger partial charge is 0.0585 e. The number of rotatable bonds is 2. The molecule has 0 aliphatic heterocycles. The van der Waals surface area contributed by atoms with Gasteiger partial charge in [-0.25, -0.2) is 0 Å². The maximum absolute atomic E-state index is 6.15. The van der Waals surface area contributed by atoms with Crippen LogP contribution in [0.3, 0.4) is 0 Å². The molecule has 1 aromatic carbocycles. The number of pyridine rings is 1. The van der Waals surface area contributed by atoms with E-state index >= 15 is 0 Å². The summed E-state index contributed by atoms with van der Waals surface area (Å²) in [6.45, 7) is 0. The van der Waals surface area contributed by atoms with Crippen LogP contribution in [0.25, 0.3) is 10.1 Å². The average Bonchev–Trinajstić information content (AvgIpc) is 2.76. The Morgan fingerprint density at radius 3 is 2.76 bits per heavy atom. The molecule has 0 amide bonds. The van der Waals surface area contributed by atoms with Crippen molar-refractivity contribution in [1.29, 1.82) is 0 Å². The van der Waals surface area contributed by atoms with Crippen molar-refractivity contribution in [2.24, 2.45) is 0 Å². The number of halogens is 1. The Balaban J connectivity index is 2.05. The van der Waals surface area contributed by atoms with Crippen LogP contribution in [0, 0.1) is 0 Å². The summed E-state index contributed by atoms with van der Waals surface area (Å²) in [5.41, 5.74) is 2.11. The van der Waals surface area contributed by atoms with Gasteiger partial charge in [0.25, 0.3) is 0 Å². The van der Waals surface area contributed by atoms with Gasteiger partial charge >= 0.3 is 0 Å². The maximum atomic E-state index is 6.15.